The van der Waals surface area contributed by atoms with E-state index in [1.54, 1.807) is 14.0 Å². The molecule has 3 aliphatic carbocycles. The van der Waals surface area contributed by atoms with Gasteiger partial charge in [-0.25, -0.2) is 4.79 Å². The number of carbonyl (C=O) groups is 1. The van der Waals surface area contributed by atoms with Crippen LogP contribution in [-0.2, 0) is 9.53 Å². The molecule has 4 heteroatoms. The number of benzene rings is 3. The van der Waals surface area contributed by atoms with E-state index in [0.29, 0.717) is 12.2 Å². The predicted octanol–water partition coefficient (Wildman–Crippen LogP) is 9.08. The van der Waals surface area contributed by atoms with Crippen LogP contribution in [-0.4, -0.2) is 26.3 Å². The molecule has 4 nitrogen and oxygen atoms in total. The fourth-order valence-corrected chi connectivity index (χ4v) is 6.63. The van der Waals surface area contributed by atoms with Gasteiger partial charge < -0.3 is 14.2 Å². The lowest BCUT2D eigenvalue weighted by molar-refractivity contribution is -0.139. The number of esters is 1. The lowest BCUT2D eigenvalue weighted by atomic mass is 9.60. The first-order valence-electron chi connectivity index (χ1n) is 15.5. The largest absolute Gasteiger partial charge is 0.496 e. The van der Waals surface area contributed by atoms with Gasteiger partial charge in [0.15, 0.2) is 0 Å². The van der Waals surface area contributed by atoms with Gasteiger partial charge in [0, 0.05) is 28.5 Å². The second-order valence-electron chi connectivity index (χ2n) is 11.5. The van der Waals surface area contributed by atoms with Crippen LogP contribution in [0.5, 0.6) is 11.5 Å². The van der Waals surface area contributed by atoms with Crippen LogP contribution in [0.1, 0.15) is 116 Å². The third-order valence-corrected chi connectivity index (χ3v) is 8.61. The first kappa shape index (κ1) is 29.0. The van der Waals surface area contributed by atoms with Crippen molar-refractivity contribution in [3.63, 3.8) is 0 Å². The molecule has 216 valence electrons. The predicted molar refractivity (Wildman–Crippen MR) is 165 cm³/mol. The van der Waals surface area contributed by atoms with E-state index in [1.165, 1.54) is 78.3 Å². The standard InChI is InChI=1S/C37H44O4/c1-26(2)37(38)41-25-15-11-9-7-5-4-6-8-10-14-24-40-32-23-17-21-30-33-27-18-12-13-19-28(27)36(35(30)32)34-29(33)20-16-22-31(34)39-3/h12-13,16-23,33,36H,1,4-11,14-15,24-25H2,2-3H3. The molecule has 3 aromatic carbocycles. The normalized spacial score (nSPS) is 16.0. The molecule has 0 saturated heterocycles. The van der Waals surface area contributed by atoms with Crippen LogP contribution in [0.25, 0.3) is 0 Å². The summed E-state index contributed by atoms with van der Waals surface area (Å²) in [6, 6.07) is 22.0. The minimum Gasteiger partial charge on any atom is -0.496 e. The van der Waals surface area contributed by atoms with Gasteiger partial charge in [-0.2, -0.15) is 0 Å². The third kappa shape index (κ3) is 6.37. The monoisotopic (exact) mass is 552 g/mol. The number of methoxy groups -OCH3 is 1. The molecule has 0 radical (unpaired) electrons. The molecular formula is C37H44O4. The summed E-state index contributed by atoms with van der Waals surface area (Å²) in [6.45, 7) is 6.55. The summed E-state index contributed by atoms with van der Waals surface area (Å²) in [7, 11) is 1.78. The molecule has 3 aromatic rings. The summed E-state index contributed by atoms with van der Waals surface area (Å²) in [5, 5.41) is 0. The Morgan fingerprint density at radius 1 is 0.634 bits per heavy atom. The summed E-state index contributed by atoms with van der Waals surface area (Å²) < 4.78 is 17.5. The number of rotatable bonds is 16. The first-order valence-corrected chi connectivity index (χ1v) is 15.5. The Labute approximate surface area is 245 Å². The Balaban J connectivity index is 1.07. The first-order chi connectivity index (χ1) is 20.1. The molecule has 0 saturated carbocycles. The maximum absolute atomic E-state index is 11.4. The van der Waals surface area contributed by atoms with Gasteiger partial charge in [0.1, 0.15) is 11.5 Å². The molecule has 0 fully saturated rings. The lowest BCUT2D eigenvalue weighted by Gasteiger charge is -2.43. The molecule has 0 aromatic heterocycles. The van der Waals surface area contributed by atoms with Gasteiger partial charge in [-0.15, -0.1) is 0 Å². The van der Waals surface area contributed by atoms with Crippen LogP contribution in [0.4, 0.5) is 0 Å². The average Bonchev–Trinajstić information content (AvgIpc) is 3.00. The zero-order valence-corrected chi connectivity index (χ0v) is 24.8. The summed E-state index contributed by atoms with van der Waals surface area (Å²) in [5.41, 5.74) is 8.62. The van der Waals surface area contributed by atoms with Gasteiger partial charge in [-0.1, -0.05) is 106 Å². The van der Waals surface area contributed by atoms with Crippen molar-refractivity contribution in [1.29, 1.82) is 0 Å². The van der Waals surface area contributed by atoms with E-state index in [1.807, 2.05) is 0 Å². The Kier molecular flexibility index (Phi) is 9.82. The van der Waals surface area contributed by atoms with Crippen LogP contribution in [0.3, 0.4) is 0 Å². The molecule has 41 heavy (non-hydrogen) atoms. The highest BCUT2D eigenvalue weighted by Crippen LogP contribution is 2.59. The van der Waals surface area contributed by atoms with Gasteiger partial charge in [0.2, 0.25) is 0 Å². The Bertz CT molecular complexity index is 1360. The van der Waals surface area contributed by atoms with Crippen molar-refractivity contribution in [2.75, 3.05) is 20.3 Å². The maximum atomic E-state index is 11.4. The number of ether oxygens (including phenoxy) is 3. The van der Waals surface area contributed by atoms with Gasteiger partial charge in [-0.05, 0) is 54.2 Å². The second kappa shape index (κ2) is 13.9. The molecule has 3 aliphatic rings. The number of hydrogen-bond donors (Lipinski definition) is 0. The van der Waals surface area contributed by atoms with Gasteiger partial charge in [-0.3, -0.25) is 0 Å². The average molecular weight is 553 g/mol. The molecular weight excluding hydrogens is 508 g/mol. The molecule has 6 rings (SSSR count). The highest BCUT2D eigenvalue weighted by Gasteiger charge is 2.44. The van der Waals surface area contributed by atoms with Crippen LogP contribution >= 0.6 is 0 Å². The minimum absolute atomic E-state index is 0.139. The minimum atomic E-state index is -0.275. The van der Waals surface area contributed by atoms with Crippen molar-refractivity contribution in [3.05, 3.63) is 106 Å². The van der Waals surface area contributed by atoms with Crippen molar-refractivity contribution in [1.82, 2.24) is 0 Å². The quantitative estimate of drug-likeness (QED) is 0.0696. The Morgan fingerprint density at radius 3 is 1.71 bits per heavy atom. The van der Waals surface area contributed by atoms with E-state index in [-0.39, 0.29) is 17.8 Å². The highest BCUT2D eigenvalue weighted by atomic mass is 16.5. The maximum Gasteiger partial charge on any atom is 0.333 e. The lowest BCUT2D eigenvalue weighted by Crippen LogP contribution is -2.28. The Hall–Kier alpha value is -3.53. The third-order valence-electron chi connectivity index (χ3n) is 8.61. The van der Waals surface area contributed by atoms with Crippen molar-refractivity contribution < 1.29 is 19.0 Å². The van der Waals surface area contributed by atoms with Crippen molar-refractivity contribution in [3.8, 4) is 11.5 Å². The molecule has 0 aliphatic heterocycles. The molecule has 2 unspecified atom stereocenters. The van der Waals surface area contributed by atoms with E-state index in [4.69, 9.17) is 14.2 Å². The molecule has 0 heterocycles. The fraction of sp³-hybridized carbons (Fsp3) is 0.432. The number of carbonyl (C=O) groups excluding carboxylic acids is 1. The van der Waals surface area contributed by atoms with E-state index >= 15 is 0 Å². The molecule has 0 amide bonds. The van der Waals surface area contributed by atoms with Crippen molar-refractivity contribution in [2.24, 2.45) is 0 Å². The number of unbranched alkanes of at least 4 members (excludes halogenated alkanes) is 9. The highest BCUT2D eigenvalue weighted by molar-refractivity contribution is 5.86. The topological polar surface area (TPSA) is 44.8 Å². The van der Waals surface area contributed by atoms with E-state index in [0.717, 1.165) is 37.4 Å². The summed E-state index contributed by atoms with van der Waals surface area (Å²) in [4.78, 5) is 11.4. The van der Waals surface area contributed by atoms with Crippen molar-refractivity contribution in [2.45, 2.75) is 83.0 Å². The van der Waals surface area contributed by atoms with E-state index in [9.17, 15) is 4.79 Å². The van der Waals surface area contributed by atoms with E-state index in [2.05, 4.69) is 67.2 Å². The fourth-order valence-electron chi connectivity index (χ4n) is 6.63. The molecule has 2 bridgehead atoms. The smallest absolute Gasteiger partial charge is 0.333 e. The van der Waals surface area contributed by atoms with Gasteiger partial charge >= 0.3 is 5.97 Å². The zero-order chi connectivity index (χ0) is 28.6. The molecule has 0 spiro atoms. The Morgan fingerprint density at radius 2 is 1.12 bits per heavy atom. The second-order valence-corrected chi connectivity index (χ2v) is 11.5. The summed E-state index contributed by atoms with van der Waals surface area (Å²) >= 11 is 0. The summed E-state index contributed by atoms with van der Waals surface area (Å²) in [6.07, 6.45) is 11.9. The molecule has 2 atom stereocenters. The van der Waals surface area contributed by atoms with E-state index < -0.39 is 0 Å². The van der Waals surface area contributed by atoms with Crippen molar-refractivity contribution >= 4 is 5.97 Å². The van der Waals surface area contributed by atoms with Crippen LogP contribution in [0, 0.1) is 0 Å². The van der Waals surface area contributed by atoms with Gasteiger partial charge in [0.05, 0.1) is 20.3 Å². The van der Waals surface area contributed by atoms with Crippen LogP contribution in [0.15, 0.2) is 72.8 Å². The summed E-state index contributed by atoms with van der Waals surface area (Å²) in [5.74, 6) is 2.08. The molecule has 0 N–H and O–H groups in total. The SMILES string of the molecule is C=C(C)C(=O)OCCCCCCCCCCCCOc1cccc2c1C1c3ccccc3C2c2cccc(OC)c21. The van der Waals surface area contributed by atoms with Crippen LogP contribution < -0.4 is 9.47 Å². The van der Waals surface area contributed by atoms with Gasteiger partial charge in [0.25, 0.3) is 0 Å². The van der Waals surface area contributed by atoms with Crippen LogP contribution in [0.2, 0.25) is 0 Å². The zero-order valence-electron chi connectivity index (χ0n) is 24.8. The number of hydrogen-bond acceptors (Lipinski definition) is 4.